The van der Waals surface area contributed by atoms with Gasteiger partial charge in [-0.3, -0.25) is 0 Å². The number of carbonyl (C=O) groups is 1. The number of oxime groups is 1. The Morgan fingerprint density at radius 3 is 2.88 bits per heavy atom. The Morgan fingerprint density at radius 2 is 2.23 bits per heavy atom. The maximum atomic E-state index is 12.2. The zero-order chi connectivity index (χ0) is 18.5. The third kappa shape index (κ3) is 4.38. The smallest absolute Gasteiger partial charge is 0.347 e. The summed E-state index contributed by atoms with van der Waals surface area (Å²) < 4.78 is 17.7. The van der Waals surface area contributed by atoms with E-state index in [9.17, 15) is 4.79 Å². The molecule has 0 bridgehead atoms. The molecule has 0 amide bonds. The Labute approximate surface area is 161 Å². The number of hydrogen-bond donors (Lipinski definition) is 0. The zero-order valence-electron chi connectivity index (χ0n) is 15.1. The number of esters is 1. The summed E-state index contributed by atoms with van der Waals surface area (Å²) in [7, 11) is 1.39. The Balaban J connectivity index is 1.85. The second-order valence-corrected chi connectivity index (χ2v) is 7.43. The van der Waals surface area contributed by atoms with Gasteiger partial charge in [0, 0.05) is 16.6 Å². The molecule has 1 aromatic carbocycles. The van der Waals surface area contributed by atoms with Crippen LogP contribution in [0, 0.1) is 5.92 Å². The minimum Gasteiger partial charge on any atom is -0.478 e. The van der Waals surface area contributed by atoms with Crippen molar-refractivity contribution < 1.29 is 23.8 Å². The fourth-order valence-electron chi connectivity index (χ4n) is 3.18. The second kappa shape index (κ2) is 8.86. The van der Waals surface area contributed by atoms with E-state index in [1.165, 1.54) is 13.5 Å². The molecule has 1 fully saturated rings. The number of hydrogen-bond acceptors (Lipinski definition) is 6. The molecule has 0 spiro atoms. The average Bonchev–Trinajstić information content (AvgIpc) is 3.05. The molecule has 0 N–H and O–H groups in total. The Hall–Kier alpha value is -1.60. The quantitative estimate of drug-likeness (QED) is 0.594. The summed E-state index contributed by atoms with van der Waals surface area (Å²) in [6.07, 6.45) is 3.28. The lowest BCUT2D eigenvalue weighted by atomic mass is 9.81. The summed E-state index contributed by atoms with van der Waals surface area (Å²) >= 11 is 3.49. The van der Waals surface area contributed by atoms with E-state index in [4.69, 9.17) is 19.0 Å². The van der Waals surface area contributed by atoms with E-state index < -0.39 is 6.10 Å². The van der Waals surface area contributed by atoms with Gasteiger partial charge in [-0.25, -0.2) is 4.79 Å². The van der Waals surface area contributed by atoms with Gasteiger partial charge in [-0.05, 0) is 37.5 Å². The van der Waals surface area contributed by atoms with Gasteiger partial charge >= 0.3 is 5.97 Å². The lowest BCUT2D eigenvalue weighted by Gasteiger charge is -2.29. The molecule has 7 heteroatoms. The standard InChI is InChI=1S/C19H24BrNO5/c1-3-24-17-11-25-21-18(17)14-10-13(20)7-8-15(14)26-16(19(22)23-2)9-12-5-4-6-12/h7-8,10,12,16-17H,3-6,9,11H2,1-2H3/t16-,17?/m0/s1. The number of carbonyl (C=O) groups excluding carboxylic acids is 1. The number of halogens is 1. The van der Waals surface area contributed by atoms with Crippen molar-refractivity contribution >= 4 is 27.6 Å². The van der Waals surface area contributed by atoms with Crippen molar-refractivity contribution in [2.24, 2.45) is 11.1 Å². The Bertz CT molecular complexity index is 674. The van der Waals surface area contributed by atoms with Crippen molar-refractivity contribution in [3.05, 3.63) is 28.2 Å². The first-order valence-corrected chi connectivity index (χ1v) is 9.77. The first kappa shape index (κ1) is 19.2. The van der Waals surface area contributed by atoms with Crippen LogP contribution in [0.2, 0.25) is 0 Å². The third-order valence-corrected chi connectivity index (χ3v) is 5.28. The number of nitrogens with zero attached hydrogens (tertiary/aromatic N) is 1. The molecule has 0 radical (unpaired) electrons. The highest BCUT2D eigenvalue weighted by atomic mass is 79.9. The number of rotatable bonds is 8. The van der Waals surface area contributed by atoms with Gasteiger partial charge in [-0.2, -0.15) is 0 Å². The van der Waals surface area contributed by atoms with Crippen LogP contribution in [-0.2, 0) is 19.1 Å². The zero-order valence-corrected chi connectivity index (χ0v) is 16.7. The fourth-order valence-corrected chi connectivity index (χ4v) is 3.54. The second-order valence-electron chi connectivity index (χ2n) is 6.52. The van der Waals surface area contributed by atoms with E-state index in [2.05, 4.69) is 21.1 Å². The number of benzene rings is 1. The van der Waals surface area contributed by atoms with E-state index in [1.54, 1.807) is 0 Å². The van der Waals surface area contributed by atoms with E-state index in [1.807, 2.05) is 25.1 Å². The molecule has 1 heterocycles. The molecular formula is C19H24BrNO5. The minimum absolute atomic E-state index is 0.250. The van der Waals surface area contributed by atoms with Crippen molar-refractivity contribution in [3.63, 3.8) is 0 Å². The highest BCUT2D eigenvalue weighted by molar-refractivity contribution is 9.10. The number of methoxy groups -OCH3 is 1. The maximum absolute atomic E-state index is 12.2. The van der Waals surface area contributed by atoms with Gasteiger partial charge in [-0.1, -0.05) is 40.3 Å². The van der Waals surface area contributed by atoms with E-state index >= 15 is 0 Å². The molecular weight excluding hydrogens is 402 g/mol. The molecule has 0 aromatic heterocycles. The van der Waals surface area contributed by atoms with Crippen molar-refractivity contribution in [3.8, 4) is 5.75 Å². The van der Waals surface area contributed by atoms with E-state index in [0.29, 0.717) is 37.0 Å². The molecule has 3 rings (SSSR count). The summed E-state index contributed by atoms with van der Waals surface area (Å²) in [6.45, 7) is 2.86. The lowest BCUT2D eigenvalue weighted by molar-refractivity contribution is -0.150. The highest BCUT2D eigenvalue weighted by Crippen LogP contribution is 2.34. The van der Waals surface area contributed by atoms with Gasteiger partial charge in [0.15, 0.2) is 6.10 Å². The van der Waals surface area contributed by atoms with Gasteiger partial charge in [0.05, 0.1) is 7.11 Å². The Morgan fingerprint density at radius 1 is 1.42 bits per heavy atom. The van der Waals surface area contributed by atoms with E-state index in [-0.39, 0.29) is 12.1 Å². The largest absolute Gasteiger partial charge is 0.478 e. The summed E-state index contributed by atoms with van der Waals surface area (Å²) in [5.74, 6) is 0.745. The van der Waals surface area contributed by atoms with Crippen LogP contribution in [0.1, 0.15) is 38.2 Å². The fraction of sp³-hybridized carbons (Fsp3) is 0.579. The van der Waals surface area contributed by atoms with Crippen molar-refractivity contribution in [1.29, 1.82) is 0 Å². The summed E-state index contributed by atoms with van der Waals surface area (Å²) in [5.41, 5.74) is 1.44. The third-order valence-electron chi connectivity index (χ3n) is 4.78. The Kier molecular flexibility index (Phi) is 6.53. The molecule has 1 aromatic rings. The van der Waals surface area contributed by atoms with Crippen molar-refractivity contribution in [1.82, 2.24) is 0 Å². The van der Waals surface area contributed by atoms with Crippen LogP contribution in [0.4, 0.5) is 0 Å². The molecule has 2 aliphatic rings. The number of ether oxygens (including phenoxy) is 3. The van der Waals surface area contributed by atoms with Crippen LogP contribution >= 0.6 is 15.9 Å². The molecule has 1 aliphatic carbocycles. The van der Waals surface area contributed by atoms with Gasteiger partial charge in [0.2, 0.25) is 0 Å². The minimum atomic E-state index is -0.626. The average molecular weight is 426 g/mol. The molecule has 1 unspecified atom stereocenters. The molecule has 2 atom stereocenters. The summed E-state index contributed by atoms with van der Waals surface area (Å²) in [4.78, 5) is 17.5. The lowest BCUT2D eigenvalue weighted by Crippen LogP contribution is -2.33. The van der Waals surface area contributed by atoms with Crippen LogP contribution in [0.25, 0.3) is 0 Å². The monoisotopic (exact) mass is 425 g/mol. The van der Waals surface area contributed by atoms with Crippen LogP contribution in [0.3, 0.4) is 0 Å². The van der Waals surface area contributed by atoms with Gasteiger partial charge in [0.25, 0.3) is 0 Å². The topological polar surface area (TPSA) is 66.3 Å². The SMILES string of the molecule is CCOC1CON=C1c1cc(Br)ccc1O[C@@H](CC1CCC1)C(=O)OC. The predicted octanol–water partition coefficient (Wildman–Crippen LogP) is 3.70. The predicted molar refractivity (Wildman–Crippen MR) is 100 cm³/mol. The highest BCUT2D eigenvalue weighted by Gasteiger charge is 2.32. The van der Waals surface area contributed by atoms with Crippen LogP contribution in [0.5, 0.6) is 5.75 Å². The molecule has 142 valence electrons. The normalized spacial score (nSPS) is 20.7. The maximum Gasteiger partial charge on any atom is 0.347 e. The molecule has 6 nitrogen and oxygen atoms in total. The summed E-state index contributed by atoms with van der Waals surface area (Å²) in [5, 5.41) is 4.14. The molecule has 1 aliphatic heterocycles. The van der Waals surface area contributed by atoms with Crippen LogP contribution in [-0.4, -0.2) is 44.2 Å². The van der Waals surface area contributed by atoms with E-state index in [0.717, 1.165) is 22.9 Å². The van der Waals surface area contributed by atoms with Crippen LogP contribution < -0.4 is 4.74 Å². The summed E-state index contributed by atoms with van der Waals surface area (Å²) in [6, 6.07) is 5.62. The first-order chi connectivity index (χ1) is 12.6. The molecule has 26 heavy (non-hydrogen) atoms. The van der Waals surface area contributed by atoms with Crippen LogP contribution in [0.15, 0.2) is 27.8 Å². The molecule has 0 saturated heterocycles. The van der Waals surface area contributed by atoms with Gasteiger partial charge in [0.1, 0.15) is 24.2 Å². The molecule has 1 saturated carbocycles. The van der Waals surface area contributed by atoms with Crippen molar-refractivity contribution in [2.45, 2.75) is 44.8 Å². The van der Waals surface area contributed by atoms with Crippen molar-refractivity contribution in [2.75, 3.05) is 20.3 Å². The van der Waals surface area contributed by atoms with Gasteiger partial charge < -0.3 is 19.0 Å². The first-order valence-electron chi connectivity index (χ1n) is 8.98. The van der Waals surface area contributed by atoms with Gasteiger partial charge in [-0.15, -0.1) is 0 Å².